The van der Waals surface area contributed by atoms with E-state index in [4.69, 9.17) is 14.2 Å². The molecule has 0 bridgehead atoms. The molecule has 1 saturated heterocycles. The number of carbonyl (C=O) groups is 1. The van der Waals surface area contributed by atoms with Crippen molar-refractivity contribution in [3.05, 3.63) is 54.1 Å². The van der Waals surface area contributed by atoms with E-state index in [2.05, 4.69) is 0 Å². The van der Waals surface area contributed by atoms with Crippen LogP contribution in [0, 0.1) is 6.92 Å². The van der Waals surface area contributed by atoms with Gasteiger partial charge in [0.25, 0.3) is 0 Å². The van der Waals surface area contributed by atoms with Crippen molar-refractivity contribution in [3.8, 4) is 11.5 Å². The summed E-state index contributed by atoms with van der Waals surface area (Å²) in [4.78, 5) is 12.6. The van der Waals surface area contributed by atoms with Crippen molar-refractivity contribution in [3.63, 3.8) is 0 Å². The van der Waals surface area contributed by atoms with Crippen LogP contribution in [-0.2, 0) is 19.6 Å². The number of aryl methyl sites for hydroxylation is 1. The number of sulfonamides is 1. The van der Waals surface area contributed by atoms with Gasteiger partial charge in [0.2, 0.25) is 10.0 Å². The third-order valence-corrected chi connectivity index (χ3v) is 6.68. The third kappa shape index (κ3) is 5.07. The number of carbonyl (C=O) groups excluding carboxylic acids is 1. The summed E-state index contributed by atoms with van der Waals surface area (Å²) in [7, 11) is -2.28. The Morgan fingerprint density at radius 2 is 1.69 bits per heavy atom. The van der Waals surface area contributed by atoms with E-state index < -0.39 is 22.0 Å². The Bertz CT molecular complexity index is 925. The van der Waals surface area contributed by atoms with Crippen molar-refractivity contribution >= 4 is 16.0 Å². The number of nitrogens with zero attached hydrogens (tertiary/aromatic N) is 1. The second-order valence-electron chi connectivity index (χ2n) is 6.78. The molecule has 1 atom stereocenters. The smallest absolute Gasteiger partial charge is 0.324 e. The predicted molar refractivity (Wildman–Crippen MR) is 108 cm³/mol. The Balaban J connectivity index is 1.57. The van der Waals surface area contributed by atoms with Crippen molar-refractivity contribution in [2.45, 2.75) is 30.7 Å². The molecule has 0 spiro atoms. The summed E-state index contributed by atoms with van der Waals surface area (Å²) in [5.41, 5.74) is 1.13. The maximum atomic E-state index is 12.9. The van der Waals surface area contributed by atoms with Gasteiger partial charge in [-0.2, -0.15) is 4.31 Å². The Labute approximate surface area is 171 Å². The maximum absolute atomic E-state index is 12.9. The minimum Gasteiger partial charge on any atom is -0.497 e. The fraction of sp³-hybridized carbons (Fsp3) is 0.381. The summed E-state index contributed by atoms with van der Waals surface area (Å²) in [5.74, 6) is 0.707. The van der Waals surface area contributed by atoms with Crippen LogP contribution in [0.25, 0.3) is 0 Å². The average Bonchev–Trinajstić information content (AvgIpc) is 3.23. The summed E-state index contributed by atoms with van der Waals surface area (Å²) in [6.07, 6.45) is 1.04. The SMILES string of the molecule is COc1ccc(S(=O)(=O)N2CCC[C@H]2C(=O)OCCOc2ccc(C)cc2)cc1. The lowest BCUT2D eigenvalue weighted by molar-refractivity contribution is -0.148. The lowest BCUT2D eigenvalue weighted by atomic mass is 10.2. The quantitative estimate of drug-likeness (QED) is 0.483. The van der Waals surface area contributed by atoms with Gasteiger partial charge in [-0.15, -0.1) is 0 Å². The Morgan fingerprint density at radius 3 is 2.34 bits per heavy atom. The molecule has 0 unspecified atom stereocenters. The average molecular weight is 419 g/mol. The molecule has 0 radical (unpaired) electrons. The van der Waals surface area contributed by atoms with Gasteiger partial charge in [0, 0.05) is 6.54 Å². The zero-order valence-electron chi connectivity index (χ0n) is 16.5. The van der Waals surface area contributed by atoms with Gasteiger partial charge in [0.15, 0.2) is 0 Å². The Morgan fingerprint density at radius 1 is 1.03 bits per heavy atom. The first-order chi connectivity index (χ1) is 13.9. The van der Waals surface area contributed by atoms with E-state index in [1.165, 1.54) is 23.5 Å². The lowest BCUT2D eigenvalue weighted by Gasteiger charge is -2.23. The monoisotopic (exact) mass is 419 g/mol. The molecule has 8 heteroatoms. The summed E-state index contributed by atoms with van der Waals surface area (Å²) in [6.45, 7) is 2.53. The standard InChI is InChI=1S/C21H25NO6S/c1-16-5-7-18(8-6-16)27-14-15-28-21(23)20-4-3-13-22(20)29(24,25)19-11-9-17(26-2)10-12-19/h5-12,20H,3-4,13-15H2,1-2H3/t20-/m0/s1. The van der Waals surface area contributed by atoms with Crippen LogP contribution >= 0.6 is 0 Å². The summed E-state index contributed by atoms with van der Waals surface area (Å²) in [5, 5.41) is 0. The van der Waals surface area contributed by atoms with Crippen LogP contribution in [0.1, 0.15) is 18.4 Å². The summed E-state index contributed by atoms with van der Waals surface area (Å²) in [6, 6.07) is 12.9. The minimum atomic E-state index is -3.79. The van der Waals surface area contributed by atoms with Gasteiger partial charge >= 0.3 is 5.97 Å². The molecule has 29 heavy (non-hydrogen) atoms. The molecule has 2 aromatic rings. The Kier molecular flexibility index (Phi) is 6.76. The Hall–Kier alpha value is -2.58. The molecule has 7 nitrogen and oxygen atoms in total. The molecule has 0 aliphatic carbocycles. The molecule has 0 amide bonds. The first-order valence-electron chi connectivity index (χ1n) is 9.44. The number of hydrogen-bond donors (Lipinski definition) is 0. The maximum Gasteiger partial charge on any atom is 0.324 e. The number of ether oxygens (including phenoxy) is 3. The number of esters is 1. The highest BCUT2D eigenvalue weighted by Gasteiger charge is 2.40. The van der Waals surface area contributed by atoms with E-state index in [0.29, 0.717) is 24.3 Å². The topological polar surface area (TPSA) is 82.1 Å². The molecule has 1 heterocycles. The largest absolute Gasteiger partial charge is 0.497 e. The molecule has 0 aromatic heterocycles. The first kappa shape index (κ1) is 21.1. The molecule has 2 aromatic carbocycles. The van der Waals surface area contributed by atoms with E-state index in [-0.39, 0.29) is 24.7 Å². The fourth-order valence-electron chi connectivity index (χ4n) is 3.18. The highest BCUT2D eigenvalue weighted by atomic mass is 32.2. The van der Waals surface area contributed by atoms with E-state index in [1.807, 2.05) is 31.2 Å². The molecule has 0 N–H and O–H groups in total. The van der Waals surface area contributed by atoms with Crippen LogP contribution in [0.3, 0.4) is 0 Å². The molecule has 1 fully saturated rings. The van der Waals surface area contributed by atoms with Crippen molar-refractivity contribution in [1.82, 2.24) is 4.31 Å². The molecular formula is C21H25NO6S. The van der Waals surface area contributed by atoms with Crippen LogP contribution < -0.4 is 9.47 Å². The third-order valence-electron chi connectivity index (χ3n) is 4.76. The highest BCUT2D eigenvalue weighted by Crippen LogP contribution is 2.27. The van der Waals surface area contributed by atoms with Crippen molar-refractivity contribution in [2.75, 3.05) is 26.9 Å². The second kappa shape index (κ2) is 9.28. The van der Waals surface area contributed by atoms with Gasteiger partial charge in [-0.25, -0.2) is 8.42 Å². The van der Waals surface area contributed by atoms with Gasteiger partial charge in [0.05, 0.1) is 12.0 Å². The van der Waals surface area contributed by atoms with E-state index in [0.717, 1.165) is 5.56 Å². The van der Waals surface area contributed by atoms with Gasteiger partial charge in [-0.1, -0.05) is 17.7 Å². The molecule has 1 aliphatic heterocycles. The second-order valence-corrected chi connectivity index (χ2v) is 8.67. The van der Waals surface area contributed by atoms with Crippen LogP contribution in [0.15, 0.2) is 53.4 Å². The van der Waals surface area contributed by atoms with E-state index in [1.54, 1.807) is 12.1 Å². The van der Waals surface area contributed by atoms with Gasteiger partial charge in [-0.3, -0.25) is 4.79 Å². The van der Waals surface area contributed by atoms with Crippen LogP contribution in [0.2, 0.25) is 0 Å². The van der Waals surface area contributed by atoms with Crippen LogP contribution in [0.5, 0.6) is 11.5 Å². The van der Waals surface area contributed by atoms with E-state index in [9.17, 15) is 13.2 Å². The number of methoxy groups -OCH3 is 1. The van der Waals surface area contributed by atoms with Gasteiger partial charge < -0.3 is 14.2 Å². The molecule has 3 rings (SSSR count). The number of benzene rings is 2. The predicted octanol–water partition coefficient (Wildman–Crippen LogP) is 2.78. The first-order valence-corrected chi connectivity index (χ1v) is 10.9. The van der Waals surface area contributed by atoms with E-state index >= 15 is 0 Å². The highest BCUT2D eigenvalue weighted by molar-refractivity contribution is 7.89. The molecule has 1 aliphatic rings. The van der Waals surface area contributed by atoms with Crippen molar-refractivity contribution in [1.29, 1.82) is 0 Å². The van der Waals surface area contributed by atoms with Crippen LogP contribution in [0.4, 0.5) is 0 Å². The van der Waals surface area contributed by atoms with Crippen molar-refractivity contribution < 1.29 is 27.4 Å². The molecular weight excluding hydrogens is 394 g/mol. The summed E-state index contributed by atoms with van der Waals surface area (Å²) < 4.78 is 43.0. The zero-order chi connectivity index (χ0) is 20.9. The number of hydrogen-bond acceptors (Lipinski definition) is 6. The van der Waals surface area contributed by atoms with Crippen LogP contribution in [-0.4, -0.2) is 51.6 Å². The van der Waals surface area contributed by atoms with Gasteiger partial charge in [0.1, 0.15) is 30.8 Å². The summed E-state index contributed by atoms with van der Waals surface area (Å²) >= 11 is 0. The van der Waals surface area contributed by atoms with Crippen molar-refractivity contribution in [2.24, 2.45) is 0 Å². The number of rotatable bonds is 8. The zero-order valence-corrected chi connectivity index (χ0v) is 17.4. The normalized spacial score (nSPS) is 17.1. The minimum absolute atomic E-state index is 0.0552. The lowest BCUT2D eigenvalue weighted by Crippen LogP contribution is -2.41. The molecule has 0 saturated carbocycles. The van der Waals surface area contributed by atoms with Gasteiger partial charge in [-0.05, 0) is 56.2 Å². The fourth-order valence-corrected chi connectivity index (χ4v) is 4.83. The molecule has 156 valence electrons.